The summed E-state index contributed by atoms with van der Waals surface area (Å²) in [7, 11) is 12.2. The molecule has 0 heterocycles. The monoisotopic (exact) mass is 997 g/mol. The van der Waals surface area contributed by atoms with Gasteiger partial charge in [-0.15, -0.1) is 0 Å². The number of rotatable bonds is 36. The number of nitrogens with zero attached hydrogens (tertiary/aromatic N) is 3. The molecule has 0 aliphatic rings. The van der Waals surface area contributed by atoms with Gasteiger partial charge in [0.25, 0.3) is 17.9 Å². The van der Waals surface area contributed by atoms with Crippen LogP contribution in [0.15, 0.2) is 0 Å². The number of hydrogen-bond acceptors (Lipinski definition) is 12. The normalized spacial score (nSPS) is 11.6. The second-order valence-electron chi connectivity index (χ2n) is 18.2. The highest BCUT2D eigenvalue weighted by Gasteiger charge is 2.10. The molecule has 0 aliphatic carbocycles. The third kappa shape index (κ3) is 98.9. The number of carbonyl (C=O) groups excluding carboxylic acids is 3. The Kier molecular flexibility index (Phi) is 67.8. The van der Waals surface area contributed by atoms with Gasteiger partial charge in [0.2, 0.25) is 17.7 Å². The Balaban J connectivity index is -0.000000192. The average Bonchev–Trinajstić information content (AvgIpc) is 3.24. The van der Waals surface area contributed by atoms with Crippen LogP contribution in [0.2, 0.25) is 0 Å². The van der Waals surface area contributed by atoms with Crippen molar-refractivity contribution in [3.63, 3.8) is 0 Å². The Morgan fingerprint density at radius 3 is 0.913 bits per heavy atom. The van der Waals surface area contributed by atoms with E-state index in [4.69, 9.17) is 29.7 Å². The van der Waals surface area contributed by atoms with Crippen molar-refractivity contribution in [2.45, 2.75) is 214 Å². The van der Waals surface area contributed by atoms with Crippen LogP contribution < -0.4 is 16.0 Å². The van der Waals surface area contributed by atoms with Gasteiger partial charge in [0, 0.05) is 59.7 Å². The predicted octanol–water partition coefficient (Wildman–Crippen LogP) is 6.77. The summed E-state index contributed by atoms with van der Waals surface area (Å²) in [5, 5.41) is 60.1. The Morgan fingerprint density at radius 2 is 0.609 bits per heavy atom. The van der Waals surface area contributed by atoms with Crippen molar-refractivity contribution in [1.29, 1.82) is 0 Å². The fourth-order valence-corrected chi connectivity index (χ4v) is 5.89. The van der Waals surface area contributed by atoms with Gasteiger partial charge in [0.05, 0.1) is 18.3 Å². The minimum atomic E-state index is -0.833. The summed E-state index contributed by atoms with van der Waals surface area (Å²) < 4.78 is 0. The average molecular weight is 997 g/mol. The lowest BCUT2D eigenvalue weighted by Crippen LogP contribution is -2.27. The van der Waals surface area contributed by atoms with Gasteiger partial charge in [0.15, 0.2) is 0 Å². The third-order valence-electron chi connectivity index (χ3n) is 9.59. The van der Waals surface area contributed by atoms with Crippen LogP contribution in [0.1, 0.15) is 196 Å². The number of aliphatic hydroxyl groups excluding tert-OH is 3. The topological polar surface area (TPSA) is 270 Å². The molecule has 9 N–H and O–H groups in total. The molecule has 0 aromatic rings. The van der Waals surface area contributed by atoms with E-state index in [9.17, 15) is 29.7 Å². The molecule has 18 heteroatoms. The van der Waals surface area contributed by atoms with E-state index < -0.39 is 17.9 Å². The standard InChI is InChI=1S/2C16H34N2O2.C13H28N2O2.3C2H4O2/c1-4-5-6-7-10-15(19)11-8-12-16(20)17-13-9-14-18(2)3;1-4-5-6-7-8-10-15(19)11-12-16(20)17-13-9-14-18(2)3;1-4-5-7-12(16)8-9-13(17)14-10-6-11-15(2)3;3*1-2(3)4/h2*15,19H,4-14H2,1-3H3,(H,17,20);12,16H,4-11H2,1-3H3,(H,14,17);3*1H3,(H,3,4). The van der Waals surface area contributed by atoms with Crippen molar-refractivity contribution >= 4 is 35.6 Å². The van der Waals surface area contributed by atoms with E-state index in [1.807, 2.05) is 42.3 Å². The molecule has 0 saturated carbocycles. The second kappa shape index (κ2) is 60.7. The lowest BCUT2D eigenvalue weighted by atomic mass is 10.0. The van der Waals surface area contributed by atoms with Crippen molar-refractivity contribution in [1.82, 2.24) is 30.7 Å². The largest absolute Gasteiger partial charge is 0.481 e. The Morgan fingerprint density at radius 1 is 0.362 bits per heavy atom. The fraction of sp³-hybridized carbons (Fsp3) is 0.882. The highest BCUT2D eigenvalue weighted by atomic mass is 16.4. The first kappa shape index (κ1) is 77.0. The molecule has 414 valence electrons. The molecule has 0 aromatic carbocycles. The van der Waals surface area contributed by atoms with Crippen LogP contribution in [-0.4, -0.2) is 181 Å². The molecule has 69 heavy (non-hydrogen) atoms. The number of hydrogen-bond donors (Lipinski definition) is 9. The Labute approximate surface area is 420 Å². The summed E-state index contributed by atoms with van der Waals surface area (Å²) in [6.07, 6.45) is 21.7. The maximum atomic E-state index is 11.6. The molecule has 0 radical (unpaired) electrons. The van der Waals surface area contributed by atoms with Gasteiger partial charge in [-0.05, 0) is 126 Å². The lowest BCUT2D eigenvalue weighted by Gasteiger charge is -2.12. The summed E-state index contributed by atoms with van der Waals surface area (Å²) in [6.45, 7) is 14.9. The smallest absolute Gasteiger partial charge is 0.300 e. The number of nitrogens with one attached hydrogen (secondary N) is 3. The highest BCUT2D eigenvalue weighted by Crippen LogP contribution is 2.12. The molecule has 3 atom stereocenters. The molecule has 3 amide bonds. The number of aliphatic hydroxyl groups is 3. The number of aliphatic carboxylic acids is 3. The van der Waals surface area contributed by atoms with Crippen LogP contribution in [0.25, 0.3) is 0 Å². The second-order valence-corrected chi connectivity index (χ2v) is 18.2. The van der Waals surface area contributed by atoms with Crippen molar-refractivity contribution in [3.05, 3.63) is 0 Å². The number of amides is 3. The van der Waals surface area contributed by atoms with E-state index in [0.717, 1.165) is 137 Å². The van der Waals surface area contributed by atoms with Crippen LogP contribution in [0.5, 0.6) is 0 Å². The van der Waals surface area contributed by atoms with E-state index in [0.29, 0.717) is 32.1 Å². The predicted molar refractivity (Wildman–Crippen MR) is 280 cm³/mol. The van der Waals surface area contributed by atoms with Gasteiger partial charge >= 0.3 is 0 Å². The van der Waals surface area contributed by atoms with Crippen LogP contribution in [-0.2, 0) is 28.8 Å². The van der Waals surface area contributed by atoms with Crippen LogP contribution >= 0.6 is 0 Å². The fourth-order valence-electron chi connectivity index (χ4n) is 5.89. The lowest BCUT2D eigenvalue weighted by molar-refractivity contribution is -0.135. The zero-order valence-electron chi connectivity index (χ0n) is 45.9. The summed E-state index contributed by atoms with van der Waals surface area (Å²) in [4.78, 5) is 67.9. The molecule has 18 nitrogen and oxygen atoms in total. The SMILES string of the molecule is CC(=O)O.CC(=O)O.CC(=O)O.CCCCC(O)CCC(=O)NCCCN(C)C.CCCCCCC(O)CCCC(=O)NCCCN(C)C.CCCCCCCC(O)CCC(=O)NCCCN(C)C. The molecular weight excluding hydrogens is 889 g/mol. The third-order valence-corrected chi connectivity index (χ3v) is 9.59. The van der Waals surface area contributed by atoms with Gasteiger partial charge < -0.3 is 61.3 Å². The van der Waals surface area contributed by atoms with E-state index in [1.54, 1.807) is 0 Å². The minimum Gasteiger partial charge on any atom is -0.481 e. The van der Waals surface area contributed by atoms with E-state index in [2.05, 4.69) is 51.4 Å². The van der Waals surface area contributed by atoms with E-state index >= 15 is 0 Å². The summed E-state index contributed by atoms with van der Waals surface area (Å²) >= 11 is 0. The van der Waals surface area contributed by atoms with Gasteiger partial charge in [-0.25, -0.2) is 0 Å². The number of carbonyl (C=O) groups is 6. The molecular formula is C51H108N6O12. The molecule has 0 bridgehead atoms. The van der Waals surface area contributed by atoms with Crippen molar-refractivity contribution < 1.29 is 59.4 Å². The maximum Gasteiger partial charge on any atom is 0.300 e. The van der Waals surface area contributed by atoms with E-state index in [1.165, 1.54) is 44.9 Å². The Bertz CT molecular complexity index is 1120. The molecule has 0 rings (SSSR count). The molecule has 3 unspecified atom stereocenters. The maximum absolute atomic E-state index is 11.6. The van der Waals surface area contributed by atoms with Gasteiger partial charge in [-0.1, -0.05) is 91.4 Å². The first-order valence-corrected chi connectivity index (χ1v) is 25.7. The summed E-state index contributed by atoms with van der Waals surface area (Å²) in [6, 6.07) is 0. The molecule has 0 aliphatic heterocycles. The van der Waals surface area contributed by atoms with Crippen molar-refractivity contribution in [3.8, 4) is 0 Å². The first-order chi connectivity index (χ1) is 32.4. The minimum absolute atomic E-state index is 0.0549. The first-order valence-electron chi connectivity index (χ1n) is 25.7. The van der Waals surface area contributed by atoms with Gasteiger partial charge in [-0.3, -0.25) is 28.8 Å². The highest BCUT2D eigenvalue weighted by molar-refractivity contribution is 5.76. The van der Waals surface area contributed by atoms with Crippen LogP contribution in [0.3, 0.4) is 0 Å². The molecule has 0 saturated heterocycles. The molecule has 0 spiro atoms. The summed E-state index contributed by atoms with van der Waals surface area (Å²) in [5.74, 6) is -2.27. The number of carboxylic acids is 3. The van der Waals surface area contributed by atoms with Crippen LogP contribution in [0.4, 0.5) is 0 Å². The summed E-state index contributed by atoms with van der Waals surface area (Å²) in [5.41, 5.74) is 0. The molecule has 0 aromatic heterocycles. The zero-order valence-corrected chi connectivity index (χ0v) is 45.9. The Hall–Kier alpha value is -3.42. The van der Waals surface area contributed by atoms with Crippen LogP contribution in [0, 0.1) is 0 Å². The van der Waals surface area contributed by atoms with E-state index in [-0.39, 0.29) is 36.0 Å². The molecule has 0 fully saturated rings. The zero-order chi connectivity index (χ0) is 54.3. The quantitative estimate of drug-likeness (QED) is 0.0293. The van der Waals surface area contributed by atoms with Gasteiger partial charge in [-0.2, -0.15) is 0 Å². The van der Waals surface area contributed by atoms with Gasteiger partial charge in [0.1, 0.15) is 0 Å². The number of unbranched alkanes of at least 4 members (excludes halogenated alkanes) is 8. The van der Waals surface area contributed by atoms with Crippen molar-refractivity contribution in [2.24, 2.45) is 0 Å². The number of carboxylic acid groups (broad SMARTS) is 3. The van der Waals surface area contributed by atoms with Crippen molar-refractivity contribution in [2.75, 3.05) is 81.6 Å².